The van der Waals surface area contributed by atoms with Crippen LogP contribution in [0.5, 0.6) is 0 Å². The first-order chi connectivity index (χ1) is 11.5. The molecule has 0 aliphatic carbocycles. The van der Waals surface area contributed by atoms with Crippen molar-refractivity contribution in [1.29, 1.82) is 0 Å². The lowest BCUT2D eigenvalue weighted by Gasteiger charge is -2.27. The summed E-state index contributed by atoms with van der Waals surface area (Å²) in [5.74, 6) is 0.962. The number of hydrogen-bond acceptors (Lipinski definition) is 4. The smallest absolute Gasteiger partial charge is 0.279 e. The SMILES string of the molecule is CCCSc1nc(=O)c2c(n1C)NC(=O)CC2c1cccc(Cl)c1. The van der Waals surface area contributed by atoms with Crippen LogP contribution < -0.4 is 10.9 Å². The number of anilines is 1. The van der Waals surface area contributed by atoms with Gasteiger partial charge in [-0.2, -0.15) is 4.98 Å². The number of nitrogens with zero attached hydrogens (tertiary/aromatic N) is 2. The van der Waals surface area contributed by atoms with Crippen molar-refractivity contribution in [2.24, 2.45) is 7.05 Å². The summed E-state index contributed by atoms with van der Waals surface area (Å²) in [5, 5.41) is 4.04. The summed E-state index contributed by atoms with van der Waals surface area (Å²) in [4.78, 5) is 29.1. The third kappa shape index (κ3) is 3.21. The summed E-state index contributed by atoms with van der Waals surface area (Å²) in [6.07, 6.45) is 1.20. The Balaban J connectivity index is 2.14. The molecule has 3 rings (SSSR count). The zero-order chi connectivity index (χ0) is 17.3. The lowest BCUT2D eigenvalue weighted by atomic mass is 9.87. The quantitative estimate of drug-likeness (QED) is 0.667. The fourth-order valence-electron chi connectivity index (χ4n) is 2.87. The molecule has 126 valence electrons. The van der Waals surface area contributed by atoms with Gasteiger partial charge in [-0.3, -0.25) is 9.59 Å². The number of nitrogens with one attached hydrogen (secondary N) is 1. The number of rotatable bonds is 4. The van der Waals surface area contributed by atoms with Crippen molar-refractivity contribution in [2.75, 3.05) is 11.1 Å². The lowest BCUT2D eigenvalue weighted by molar-refractivity contribution is -0.116. The largest absolute Gasteiger partial charge is 0.312 e. The number of hydrogen-bond donors (Lipinski definition) is 1. The van der Waals surface area contributed by atoms with Crippen molar-refractivity contribution in [3.63, 3.8) is 0 Å². The van der Waals surface area contributed by atoms with Crippen LogP contribution in [0.25, 0.3) is 0 Å². The number of thioether (sulfide) groups is 1. The maximum absolute atomic E-state index is 12.7. The molecule has 5 nitrogen and oxygen atoms in total. The van der Waals surface area contributed by atoms with Gasteiger partial charge in [-0.25, -0.2) is 0 Å². The normalized spacial score (nSPS) is 16.6. The molecule has 2 heterocycles. The number of benzene rings is 1. The maximum Gasteiger partial charge on any atom is 0.279 e. The van der Waals surface area contributed by atoms with Gasteiger partial charge in [0.05, 0.1) is 5.56 Å². The number of amides is 1. The number of carbonyl (C=O) groups is 1. The number of halogens is 1. The number of carbonyl (C=O) groups excluding carboxylic acids is 1. The van der Waals surface area contributed by atoms with E-state index in [0.717, 1.165) is 17.7 Å². The minimum Gasteiger partial charge on any atom is -0.312 e. The summed E-state index contributed by atoms with van der Waals surface area (Å²) in [5.41, 5.74) is 1.10. The monoisotopic (exact) mass is 363 g/mol. The summed E-state index contributed by atoms with van der Waals surface area (Å²) in [7, 11) is 1.82. The van der Waals surface area contributed by atoms with E-state index >= 15 is 0 Å². The average Bonchev–Trinajstić information content (AvgIpc) is 2.56. The van der Waals surface area contributed by atoms with Crippen LogP contribution in [0, 0.1) is 0 Å². The highest BCUT2D eigenvalue weighted by molar-refractivity contribution is 7.99. The standard InChI is InChI=1S/C17H18ClN3O2S/c1-3-7-24-17-20-16(23)14-12(10-5-4-6-11(18)8-10)9-13(22)19-15(14)21(17)2/h4-6,8,12H,3,7,9H2,1-2H3,(H,19,22). The van der Waals surface area contributed by atoms with Crippen LogP contribution in [0.1, 0.15) is 36.8 Å². The fraction of sp³-hybridized carbons (Fsp3) is 0.353. The summed E-state index contributed by atoms with van der Waals surface area (Å²) in [6, 6.07) is 7.29. The predicted octanol–water partition coefficient (Wildman–Crippen LogP) is 3.41. The van der Waals surface area contributed by atoms with E-state index in [0.29, 0.717) is 21.6 Å². The van der Waals surface area contributed by atoms with Gasteiger partial charge >= 0.3 is 0 Å². The topological polar surface area (TPSA) is 64.0 Å². The molecule has 0 radical (unpaired) electrons. The van der Waals surface area contributed by atoms with Gasteiger partial charge in [-0.1, -0.05) is 42.4 Å². The average molecular weight is 364 g/mol. The molecule has 2 aromatic rings. The van der Waals surface area contributed by atoms with Gasteiger partial charge in [-0.05, 0) is 24.1 Å². The second-order valence-corrected chi connectivity index (χ2v) is 7.23. The Hall–Kier alpha value is -1.79. The first kappa shape index (κ1) is 17.0. The van der Waals surface area contributed by atoms with Gasteiger partial charge in [0.2, 0.25) is 5.91 Å². The van der Waals surface area contributed by atoms with Crippen LogP contribution in [0.4, 0.5) is 5.82 Å². The van der Waals surface area contributed by atoms with Crippen LogP contribution in [0.3, 0.4) is 0 Å². The molecule has 7 heteroatoms. The molecule has 0 saturated carbocycles. The molecule has 1 aromatic heterocycles. The van der Waals surface area contributed by atoms with Gasteiger partial charge in [0.1, 0.15) is 5.82 Å². The molecular formula is C17H18ClN3O2S. The van der Waals surface area contributed by atoms with Gasteiger partial charge in [0.25, 0.3) is 5.56 Å². The van der Waals surface area contributed by atoms with Crippen LogP contribution in [0.15, 0.2) is 34.2 Å². The summed E-state index contributed by atoms with van der Waals surface area (Å²) < 4.78 is 1.80. The minimum absolute atomic E-state index is 0.111. The highest BCUT2D eigenvalue weighted by Crippen LogP contribution is 2.36. The van der Waals surface area contributed by atoms with Crippen molar-refractivity contribution in [2.45, 2.75) is 30.8 Å². The van der Waals surface area contributed by atoms with E-state index in [4.69, 9.17) is 11.6 Å². The van der Waals surface area contributed by atoms with E-state index in [9.17, 15) is 9.59 Å². The van der Waals surface area contributed by atoms with Crippen LogP contribution in [0.2, 0.25) is 5.02 Å². The predicted molar refractivity (Wildman–Crippen MR) is 97.0 cm³/mol. The molecule has 1 unspecified atom stereocenters. The summed E-state index contributed by atoms with van der Waals surface area (Å²) >= 11 is 7.59. The first-order valence-corrected chi connectivity index (χ1v) is 9.16. The molecule has 0 spiro atoms. The minimum atomic E-state index is -0.330. The Kier molecular flexibility index (Phi) is 4.96. The van der Waals surface area contributed by atoms with Crippen molar-refractivity contribution in [1.82, 2.24) is 9.55 Å². The van der Waals surface area contributed by atoms with Crippen molar-refractivity contribution < 1.29 is 4.79 Å². The third-order valence-electron chi connectivity index (χ3n) is 3.99. The van der Waals surface area contributed by atoms with Gasteiger partial charge in [-0.15, -0.1) is 0 Å². The summed E-state index contributed by atoms with van der Waals surface area (Å²) in [6.45, 7) is 2.07. The molecule has 1 aliphatic heterocycles. The van der Waals surface area contributed by atoms with E-state index in [1.165, 1.54) is 11.8 Å². The van der Waals surface area contributed by atoms with Crippen molar-refractivity contribution in [3.05, 3.63) is 50.8 Å². The Morgan fingerprint density at radius 2 is 2.21 bits per heavy atom. The van der Waals surface area contributed by atoms with Crippen LogP contribution >= 0.6 is 23.4 Å². The second kappa shape index (κ2) is 6.99. The van der Waals surface area contributed by atoms with Gasteiger partial charge < -0.3 is 9.88 Å². The molecule has 0 saturated heterocycles. The van der Waals surface area contributed by atoms with Crippen molar-refractivity contribution >= 4 is 35.1 Å². The Bertz CT molecular complexity index is 850. The lowest BCUT2D eigenvalue weighted by Crippen LogP contribution is -2.33. The Morgan fingerprint density at radius 1 is 1.42 bits per heavy atom. The van der Waals surface area contributed by atoms with E-state index in [-0.39, 0.29) is 23.8 Å². The van der Waals surface area contributed by atoms with Crippen LogP contribution in [-0.2, 0) is 11.8 Å². The Morgan fingerprint density at radius 3 is 2.92 bits per heavy atom. The fourth-order valence-corrected chi connectivity index (χ4v) is 3.88. The molecule has 1 atom stereocenters. The van der Waals surface area contributed by atoms with Crippen molar-refractivity contribution in [3.8, 4) is 0 Å². The highest BCUT2D eigenvalue weighted by atomic mass is 35.5. The van der Waals surface area contributed by atoms with E-state index in [2.05, 4.69) is 17.2 Å². The Labute approximate surface area is 149 Å². The van der Waals surface area contributed by atoms with E-state index in [1.807, 2.05) is 19.2 Å². The molecular weight excluding hydrogens is 346 g/mol. The zero-order valence-electron chi connectivity index (χ0n) is 13.5. The first-order valence-electron chi connectivity index (χ1n) is 7.80. The van der Waals surface area contributed by atoms with E-state index < -0.39 is 0 Å². The molecule has 1 N–H and O–H groups in total. The molecule has 1 aliphatic rings. The maximum atomic E-state index is 12.7. The second-order valence-electron chi connectivity index (χ2n) is 5.73. The van der Waals surface area contributed by atoms with Gasteiger partial charge in [0.15, 0.2) is 5.16 Å². The molecule has 1 aromatic carbocycles. The van der Waals surface area contributed by atoms with Crippen LogP contribution in [-0.4, -0.2) is 21.2 Å². The van der Waals surface area contributed by atoms with E-state index in [1.54, 1.807) is 16.7 Å². The third-order valence-corrected chi connectivity index (χ3v) is 5.46. The number of fused-ring (bicyclic) bond motifs is 1. The highest BCUT2D eigenvalue weighted by Gasteiger charge is 2.32. The van der Waals surface area contributed by atoms with Gasteiger partial charge in [0, 0.05) is 30.2 Å². The molecule has 24 heavy (non-hydrogen) atoms. The molecule has 0 fully saturated rings. The molecule has 1 amide bonds. The number of aromatic nitrogens is 2. The zero-order valence-corrected chi connectivity index (χ0v) is 15.1. The molecule has 0 bridgehead atoms.